The highest BCUT2D eigenvalue weighted by Crippen LogP contribution is 2.10. The number of fused-ring (bicyclic) bond motifs is 1. The van der Waals surface area contributed by atoms with Gasteiger partial charge < -0.3 is 4.40 Å². The molecule has 2 aromatic heterocycles. The summed E-state index contributed by atoms with van der Waals surface area (Å²) < 4.78 is 38.7. The zero-order valence-electron chi connectivity index (χ0n) is 9.77. The van der Waals surface area contributed by atoms with Gasteiger partial charge in [-0.25, -0.2) is 4.98 Å². The van der Waals surface area contributed by atoms with Crippen molar-refractivity contribution in [1.29, 1.82) is 0 Å². The molecule has 10 heavy (non-hydrogen) atoms. The van der Waals surface area contributed by atoms with Crippen molar-refractivity contribution in [2.24, 2.45) is 0 Å². The lowest BCUT2D eigenvalue weighted by molar-refractivity contribution is 1.18. The Balaban J connectivity index is 3.07. The smallest absolute Gasteiger partial charge is 0.137 e. The minimum absolute atomic E-state index is 0.0536. The summed E-state index contributed by atoms with van der Waals surface area (Å²) in [4.78, 5) is 3.70. The van der Waals surface area contributed by atoms with Gasteiger partial charge in [-0.3, -0.25) is 0 Å². The van der Waals surface area contributed by atoms with Crippen LogP contribution in [0.2, 0.25) is 0 Å². The van der Waals surface area contributed by atoms with E-state index in [0.717, 1.165) is 4.40 Å². The molecule has 0 spiro atoms. The molecular weight excluding hydrogens is 192 g/mol. The van der Waals surface area contributed by atoms with Crippen LogP contribution in [0.1, 0.15) is 6.85 Å². The van der Waals surface area contributed by atoms with Gasteiger partial charge >= 0.3 is 0 Å². The second kappa shape index (κ2) is 2.09. The summed E-state index contributed by atoms with van der Waals surface area (Å²) in [5, 5.41) is 0. The second-order valence-corrected chi connectivity index (χ2v) is 2.46. The summed E-state index contributed by atoms with van der Waals surface area (Å²) in [5.41, 5.74) is 0.0536. The van der Waals surface area contributed by atoms with Crippen molar-refractivity contribution in [2.45, 2.75) is 0 Å². The lowest BCUT2D eigenvalue weighted by atomic mass is 10.5. The Labute approximate surface area is 73.7 Å². The van der Waals surface area contributed by atoms with Crippen LogP contribution >= 0.6 is 15.9 Å². The highest BCUT2D eigenvalue weighted by atomic mass is 79.9. The lowest BCUT2D eigenvalue weighted by Crippen LogP contribution is -1.79. The Morgan fingerprint density at radius 2 is 2.50 bits per heavy atom. The summed E-state index contributed by atoms with van der Waals surface area (Å²) >= 11 is 3.01. The van der Waals surface area contributed by atoms with Crippen LogP contribution in [0.4, 0.5) is 0 Å². The van der Waals surface area contributed by atoms with Crippen molar-refractivity contribution in [3.05, 3.63) is 35.1 Å². The van der Waals surface area contributed by atoms with Gasteiger partial charge in [0.1, 0.15) is 5.65 Å². The van der Waals surface area contributed by atoms with Gasteiger partial charge in [0.2, 0.25) is 0 Å². The van der Waals surface area contributed by atoms with Gasteiger partial charge in [-0.1, -0.05) is 15.9 Å². The van der Waals surface area contributed by atoms with Crippen LogP contribution < -0.4 is 0 Å². The minimum atomic E-state index is -0.297. The third-order valence-corrected chi connectivity index (χ3v) is 1.43. The molecule has 0 aliphatic heterocycles. The lowest BCUT2D eigenvalue weighted by Gasteiger charge is -1.91. The highest BCUT2D eigenvalue weighted by Gasteiger charge is 1.91. The molecule has 0 aliphatic rings. The van der Waals surface area contributed by atoms with Crippen molar-refractivity contribution >= 4 is 21.6 Å². The first kappa shape index (κ1) is 2.66. The molecule has 0 bridgehead atoms. The number of halogens is 1. The second-order valence-electron chi connectivity index (χ2n) is 1.67. The monoisotopic (exact) mass is 201 g/mol. The van der Waals surface area contributed by atoms with Gasteiger partial charge in [0, 0.05) is 23.0 Å². The minimum Gasteiger partial charge on any atom is -0.307 e. The number of rotatable bonds is 0. The molecule has 3 heteroatoms. The quantitative estimate of drug-likeness (QED) is 0.639. The molecule has 0 aromatic carbocycles. The molecular formula is C7H5BrN2. The maximum atomic E-state index is 7.64. The van der Waals surface area contributed by atoms with Crippen LogP contribution in [0.5, 0.6) is 0 Å². The maximum Gasteiger partial charge on any atom is 0.137 e. The van der Waals surface area contributed by atoms with E-state index in [-0.39, 0.29) is 40.7 Å². The number of hydrogen-bond donors (Lipinski definition) is 0. The van der Waals surface area contributed by atoms with E-state index in [1.807, 2.05) is 0 Å². The molecule has 2 aromatic rings. The number of pyridine rings is 1. The topological polar surface area (TPSA) is 17.3 Å². The predicted molar refractivity (Wildman–Crippen MR) is 42.9 cm³/mol. The average molecular weight is 202 g/mol. The van der Waals surface area contributed by atoms with Crippen molar-refractivity contribution in [1.82, 2.24) is 9.38 Å². The van der Waals surface area contributed by atoms with Crippen LogP contribution in [0.3, 0.4) is 0 Å². The molecule has 0 amide bonds. The summed E-state index contributed by atoms with van der Waals surface area (Å²) in [6.45, 7) is 0. The van der Waals surface area contributed by atoms with Gasteiger partial charge in [-0.2, -0.15) is 0 Å². The first-order valence-corrected chi connectivity index (χ1v) is 3.35. The Bertz CT molecular complexity index is 564. The fourth-order valence-corrected chi connectivity index (χ4v) is 0.896. The highest BCUT2D eigenvalue weighted by molar-refractivity contribution is 9.10. The average Bonchev–Trinajstić information content (AvgIpc) is 2.50. The fourth-order valence-electron chi connectivity index (χ4n) is 0.630. The number of aromatic nitrogens is 2. The summed E-state index contributed by atoms with van der Waals surface area (Å²) in [7, 11) is 0. The Hall–Kier alpha value is -0.830. The van der Waals surface area contributed by atoms with E-state index in [1.165, 1.54) is 0 Å². The zero-order chi connectivity index (χ0) is 11.3. The van der Waals surface area contributed by atoms with E-state index >= 15 is 0 Å². The van der Waals surface area contributed by atoms with E-state index in [0.29, 0.717) is 0 Å². The third kappa shape index (κ3) is 0.827. The SMILES string of the molecule is [2H]c1nc2c([2H])c(Br)c([2H])c([2H])n2c1[2H]. The van der Waals surface area contributed by atoms with Crippen LogP contribution in [-0.4, -0.2) is 9.38 Å². The van der Waals surface area contributed by atoms with Gasteiger partial charge in [-0.05, 0) is 12.1 Å². The Morgan fingerprint density at radius 3 is 3.40 bits per heavy atom. The number of nitrogens with zero attached hydrogens (tertiary/aromatic N) is 2. The summed E-state index contributed by atoms with van der Waals surface area (Å²) in [5.74, 6) is 0. The number of hydrogen-bond acceptors (Lipinski definition) is 1. The summed E-state index contributed by atoms with van der Waals surface area (Å²) in [6, 6.07) is -0.263. The van der Waals surface area contributed by atoms with Crippen molar-refractivity contribution < 1.29 is 6.85 Å². The van der Waals surface area contributed by atoms with Crippen LogP contribution in [-0.2, 0) is 0 Å². The Morgan fingerprint density at radius 1 is 1.60 bits per heavy atom. The Kier molecular flexibility index (Phi) is 0.556. The van der Waals surface area contributed by atoms with E-state index in [9.17, 15) is 0 Å². The van der Waals surface area contributed by atoms with Gasteiger partial charge in [0.15, 0.2) is 0 Å². The van der Waals surface area contributed by atoms with Crippen LogP contribution in [0.25, 0.3) is 5.65 Å². The molecule has 0 N–H and O–H groups in total. The first-order chi connectivity index (χ1) is 6.95. The van der Waals surface area contributed by atoms with Crippen molar-refractivity contribution in [3.63, 3.8) is 0 Å². The van der Waals surface area contributed by atoms with Gasteiger partial charge in [0.05, 0.1) is 6.85 Å². The molecule has 0 aliphatic carbocycles. The molecule has 0 unspecified atom stereocenters. The first-order valence-electron chi connectivity index (χ1n) is 5.06. The molecule has 2 nitrogen and oxygen atoms in total. The molecule has 0 radical (unpaired) electrons. The maximum absolute atomic E-state index is 7.64. The molecule has 2 heterocycles. The normalized spacial score (nSPS) is 17.5. The largest absolute Gasteiger partial charge is 0.307 e. The molecule has 0 atom stereocenters. The molecule has 0 saturated heterocycles. The van der Waals surface area contributed by atoms with E-state index in [2.05, 4.69) is 20.9 Å². The third-order valence-electron chi connectivity index (χ3n) is 1.03. The molecule has 2 rings (SSSR count). The van der Waals surface area contributed by atoms with Crippen molar-refractivity contribution in [3.8, 4) is 0 Å². The van der Waals surface area contributed by atoms with Gasteiger partial charge in [0.25, 0.3) is 0 Å². The molecule has 0 saturated carbocycles. The fraction of sp³-hybridized carbons (Fsp3) is 0. The van der Waals surface area contributed by atoms with Crippen molar-refractivity contribution in [2.75, 3.05) is 0 Å². The predicted octanol–water partition coefficient (Wildman–Crippen LogP) is 2.10. The van der Waals surface area contributed by atoms with E-state index in [4.69, 9.17) is 6.85 Å². The van der Waals surface area contributed by atoms with E-state index in [1.54, 1.807) is 0 Å². The zero-order valence-corrected chi connectivity index (χ0v) is 6.36. The molecule has 0 fully saturated rings. The molecule has 50 valence electrons. The number of imidazole rings is 1. The van der Waals surface area contributed by atoms with Gasteiger partial charge in [-0.15, -0.1) is 0 Å². The van der Waals surface area contributed by atoms with Crippen LogP contribution in [0.15, 0.2) is 35.1 Å². The standard InChI is InChI=1S/C7H5BrN2/c8-6-1-3-10-4-2-9-7(10)5-6/h1-5H/i1D,2D,3D,4D,5D. The summed E-state index contributed by atoms with van der Waals surface area (Å²) in [6.07, 6.45) is -0.817. The van der Waals surface area contributed by atoms with Crippen LogP contribution in [0, 0.1) is 0 Å². The van der Waals surface area contributed by atoms with E-state index < -0.39 is 0 Å².